The van der Waals surface area contributed by atoms with E-state index in [2.05, 4.69) is 15.3 Å². The molecule has 0 N–H and O–H groups in total. The second-order valence-electron chi connectivity index (χ2n) is 2.19. The summed E-state index contributed by atoms with van der Waals surface area (Å²) in [6, 6.07) is 1.28. The Morgan fingerprint density at radius 1 is 1.31 bits per heavy atom. The third-order valence-electron chi connectivity index (χ3n) is 1.38. The van der Waals surface area contributed by atoms with Crippen LogP contribution in [-0.2, 0) is 0 Å². The van der Waals surface area contributed by atoms with Crippen LogP contribution in [0.5, 0.6) is 0 Å². The van der Waals surface area contributed by atoms with Gasteiger partial charge in [0, 0.05) is 6.07 Å². The van der Waals surface area contributed by atoms with E-state index in [4.69, 9.17) is 0 Å². The molecule has 0 saturated carbocycles. The highest BCUT2D eigenvalue weighted by Gasteiger charge is 2.01. The highest BCUT2D eigenvalue weighted by atomic mass is 19.1. The summed E-state index contributed by atoms with van der Waals surface area (Å²) >= 11 is 0. The second kappa shape index (κ2) is 3.93. The number of aryl methyl sites for hydroxylation is 1. The predicted octanol–water partition coefficient (Wildman–Crippen LogP) is 1.60. The van der Waals surface area contributed by atoms with Crippen LogP contribution in [0.1, 0.15) is 19.7 Å². The predicted molar refractivity (Wildman–Crippen MR) is 46.8 cm³/mol. The molecule has 0 bridgehead atoms. The van der Waals surface area contributed by atoms with Crippen molar-refractivity contribution in [3.05, 3.63) is 23.9 Å². The summed E-state index contributed by atoms with van der Waals surface area (Å²) in [4.78, 5) is 0. The van der Waals surface area contributed by atoms with Crippen molar-refractivity contribution in [1.82, 2.24) is 19.8 Å². The van der Waals surface area contributed by atoms with Gasteiger partial charge in [-0.15, -0.1) is 10.2 Å². The van der Waals surface area contributed by atoms with Gasteiger partial charge in [0.25, 0.3) is 0 Å². The maximum absolute atomic E-state index is 12.5. The normalized spacial score (nSPS) is 9.54. The van der Waals surface area contributed by atoms with E-state index in [1.807, 2.05) is 13.8 Å². The lowest BCUT2D eigenvalue weighted by atomic mass is 10.5. The van der Waals surface area contributed by atoms with Gasteiger partial charge in [0.15, 0.2) is 11.5 Å². The number of rotatable bonds is 0. The van der Waals surface area contributed by atoms with E-state index in [1.54, 1.807) is 6.92 Å². The Hall–Kier alpha value is -1.52. The zero-order chi connectivity index (χ0) is 9.84. The van der Waals surface area contributed by atoms with E-state index in [1.165, 1.54) is 10.6 Å². The molecule has 0 aromatic carbocycles. The van der Waals surface area contributed by atoms with Crippen LogP contribution in [0.3, 0.4) is 0 Å². The van der Waals surface area contributed by atoms with Crippen molar-refractivity contribution < 1.29 is 4.39 Å². The van der Waals surface area contributed by atoms with E-state index in [0.717, 1.165) is 6.20 Å². The average molecular weight is 182 g/mol. The molecule has 2 rings (SSSR count). The van der Waals surface area contributed by atoms with Gasteiger partial charge in [0.2, 0.25) is 0 Å². The molecule has 0 amide bonds. The Morgan fingerprint density at radius 3 is 2.69 bits per heavy atom. The monoisotopic (exact) mass is 182 g/mol. The zero-order valence-electron chi connectivity index (χ0n) is 7.82. The summed E-state index contributed by atoms with van der Waals surface area (Å²) in [6.45, 7) is 5.75. The van der Waals surface area contributed by atoms with Crippen LogP contribution in [0.25, 0.3) is 5.65 Å². The molecule has 0 saturated heterocycles. The molecular weight excluding hydrogens is 171 g/mol. The molecule has 4 nitrogen and oxygen atoms in total. The Labute approximate surface area is 75.4 Å². The van der Waals surface area contributed by atoms with Crippen molar-refractivity contribution in [2.24, 2.45) is 0 Å². The summed E-state index contributed by atoms with van der Waals surface area (Å²) in [5.41, 5.74) is 0.433. The van der Waals surface area contributed by atoms with Crippen molar-refractivity contribution in [2.45, 2.75) is 20.8 Å². The summed E-state index contributed by atoms with van der Waals surface area (Å²) in [5, 5.41) is 11.2. The number of fused-ring (bicyclic) bond motifs is 1. The van der Waals surface area contributed by atoms with Crippen LogP contribution in [0, 0.1) is 12.7 Å². The molecule has 0 aliphatic rings. The van der Waals surface area contributed by atoms with Gasteiger partial charge in [-0.25, -0.2) is 4.39 Å². The molecule has 0 fully saturated rings. The van der Waals surface area contributed by atoms with Crippen LogP contribution in [0.4, 0.5) is 4.39 Å². The fourth-order valence-electron chi connectivity index (χ4n) is 0.880. The highest BCUT2D eigenvalue weighted by Crippen LogP contribution is 2.01. The van der Waals surface area contributed by atoms with Crippen molar-refractivity contribution >= 4 is 5.65 Å². The molecule has 13 heavy (non-hydrogen) atoms. The molecule has 0 spiro atoms. The minimum Gasteiger partial charge on any atom is -0.205 e. The van der Waals surface area contributed by atoms with Crippen LogP contribution >= 0.6 is 0 Å². The van der Waals surface area contributed by atoms with Gasteiger partial charge >= 0.3 is 0 Å². The van der Waals surface area contributed by atoms with Crippen molar-refractivity contribution in [1.29, 1.82) is 0 Å². The van der Waals surface area contributed by atoms with E-state index in [9.17, 15) is 4.39 Å². The topological polar surface area (TPSA) is 43.1 Å². The number of hydrogen-bond donors (Lipinski definition) is 0. The fraction of sp³-hybridized carbons (Fsp3) is 0.375. The lowest BCUT2D eigenvalue weighted by Gasteiger charge is -1.90. The minimum absolute atomic E-state index is 0.398. The third kappa shape index (κ3) is 1.80. The summed E-state index contributed by atoms with van der Waals surface area (Å²) in [6.07, 6.45) is 1.13. The first-order valence-electron chi connectivity index (χ1n) is 4.11. The standard InChI is InChI=1S/C6H5FN4.C2H6/c1-4-9-10-6-2-5(7)3-8-11(4)6;1-2/h2-3H,1H3;1-2H3. The molecule has 0 unspecified atom stereocenters. The fourth-order valence-corrected chi connectivity index (χ4v) is 0.880. The summed E-state index contributed by atoms with van der Waals surface area (Å²) < 4.78 is 14.0. The molecule has 2 aromatic heterocycles. The maximum atomic E-state index is 12.5. The third-order valence-corrected chi connectivity index (χ3v) is 1.38. The average Bonchev–Trinajstić information content (AvgIpc) is 2.51. The smallest absolute Gasteiger partial charge is 0.180 e. The Kier molecular flexibility index (Phi) is 2.89. The zero-order valence-corrected chi connectivity index (χ0v) is 7.82. The maximum Gasteiger partial charge on any atom is 0.180 e. The second-order valence-corrected chi connectivity index (χ2v) is 2.19. The molecule has 0 radical (unpaired) electrons. The number of hydrogen-bond acceptors (Lipinski definition) is 3. The molecule has 5 heteroatoms. The van der Waals surface area contributed by atoms with Crippen LogP contribution < -0.4 is 0 Å². The minimum atomic E-state index is -0.398. The molecule has 0 aliphatic carbocycles. The van der Waals surface area contributed by atoms with Gasteiger partial charge in [-0.05, 0) is 6.92 Å². The highest BCUT2D eigenvalue weighted by molar-refractivity contribution is 5.34. The van der Waals surface area contributed by atoms with Crippen LogP contribution in [0.15, 0.2) is 12.3 Å². The van der Waals surface area contributed by atoms with Gasteiger partial charge in [0.1, 0.15) is 5.82 Å². The lowest BCUT2D eigenvalue weighted by molar-refractivity contribution is 0.613. The Balaban J connectivity index is 0.000000396. The van der Waals surface area contributed by atoms with Gasteiger partial charge in [-0.3, -0.25) is 0 Å². The first kappa shape index (κ1) is 9.57. The molecule has 70 valence electrons. The molecule has 2 aromatic rings. The Bertz CT molecular complexity index is 396. The molecule has 0 aliphatic heterocycles. The number of nitrogens with zero attached hydrogens (tertiary/aromatic N) is 4. The van der Waals surface area contributed by atoms with Crippen molar-refractivity contribution in [2.75, 3.05) is 0 Å². The lowest BCUT2D eigenvalue weighted by Crippen LogP contribution is -1.93. The number of halogens is 1. The van der Waals surface area contributed by atoms with Gasteiger partial charge < -0.3 is 0 Å². The molecule has 0 atom stereocenters. The Morgan fingerprint density at radius 2 is 2.00 bits per heavy atom. The first-order chi connectivity index (χ1) is 6.27. The first-order valence-corrected chi connectivity index (χ1v) is 4.11. The van der Waals surface area contributed by atoms with Gasteiger partial charge in [-0.2, -0.15) is 9.61 Å². The van der Waals surface area contributed by atoms with E-state index < -0.39 is 5.82 Å². The van der Waals surface area contributed by atoms with E-state index in [-0.39, 0.29) is 0 Å². The van der Waals surface area contributed by atoms with E-state index in [0.29, 0.717) is 11.5 Å². The molecule has 2 heterocycles. The summed E-state index contributed by atoms with van der Waals surface area (Å²) in [5.74, 6) is 0.255. The van der Waals surface area contributed by atoms with Crippen LogP contribution in [-0.4, -0.2) is 19.8 Å². The van der Waals surface area contributed by atoms with Crippen LogP contribution in [0.2, 0.25) is 0 Å². The van der Waals surface area contributed by atoms with Gasteiger partial charge in [0.05, 0.1) is 6.20 Å². The SMILES string of the molecule is CC.Cc1nnc2cc(F)cnn12. The van der Waals surface area contributed by atoms with Gasteiger partial charge in [-0.1, -0.05) is 13.8 Å². The summed E-state index contributed by atoms with van der Waals surface area (Å²) in [7, 11) is 0. The quantitative estimate of drug-likeness (QED) is 0.621. The largest absolute Gasteiger partial charge is 0.205 e. The van der Waals surface area contributed by atoms with E-state index >= 15 is 0 Å². The molecular formula is C8H11FN4. The van der Waals surface area contributed by atoms with Crippen molar-refractivity contribution in [3.63, 3.8) is 0 Å². The van der Waals surface area contributed by atoms with Crippen molar-refractivity contribution in [3.8, 4) is 0 Å². The number of aromatic nitrogens is 4.